The van der Waals surface area contributed by atoms with Gasteiger partial charge in [-0.25, -0.2) is 4.68 Å². The van der Waals surface area contributed by atoms with Crippen LogP contribution in [0.4, 0.5) is 5.69 Å². The zero-order chi connectivity index (χ0) is 14.1. The first kappa shape index (κ1) is 13.0. The van der Waals surface area contributed by atoms with Crippen molar-refractivity contribution in [3.8, 4) is 16.9 Å². The average Bonchev–Trinajstić information content (AvgIpc) is 2.85. The molecule has 0 unspecified atom stereocenters. The lowest BCUT2D eigenvalue weighted by Gasteiger charge is -2.02. The van der Waals surface area contributed by atoms with E-state index in [-0.39, 0.29) is 0 Å². The second-order valence-electron chi connectivity index (χ2n) is 4.34. The van der Waals surface area contributed by atoms with Crippen LogP contribution in [-0.4, -0.2) is 9.78 Å². The second kappa shape index (κ2) is 5.19. The first-order valence-corrected chi connectivity index (χ1v) is 6.77. The Hall–Kier alpha value is -1.97. The molecule has 0 radical (unpaired) electrons. The Labute approximate surface area is 126 Å². The lowest BCUT2D eigenvalue weighted by molar-refractivity contribution is 0.884. The van der Waals surface area contributed by atoms with Crippen LogP contribution in [0.1, 0.15) is 0 Å². The van der Waals surface area contributed by atoms with Gasteiger partial charge in [-0.15, -0.1) is 0 Å². The van der Waals surface area contributed by atoms with Crippen molar-refractivity contribution in [2.75, 3.05) is 5.73 Å². The summed E-state index contributed by atoms with van der Waals surface area (Å²) in [5.41, 5.74) is 9.11. The van der Waals surface area contributed by atoms with Crippen molar-refractivity contribution in [3.05, 3.63) is 64.8 Å². The lowest BCUT2D eigenvalue weighted by atomic mass is 10.1. The maximum Gasteiger partial charge on any atom is 0.116 e. The van der Waals surface area contributed by atoms with Gasteiger partial charge in [0.15, 0.2) is 0 Å². The number of para-hydroxylation sites is 1. The van der Waals surface area contributed by atoms with E-state index < -0.39 is 0 Å². The molecule has 2 aromatic carbocycles. The second-order valence-corrected chi connectivity index (χ2v) is 5.16. The summed E-state index contributed by atoms with van der Waals surface area (Å²) in [4.78, 5) is 0. The van der Waals surface area contributed by atoms with E-state index in [0.29, 0.717) is 21.4 Å². The van der Waals surface area contributed by atoms with Crippen molar-refractivity contribution in [2.24, 2.45) is 0 Å². The molecule has 20 heavy (non-hydrogen) atoms. The zero-order valence-corrected chi connectivity index (χ0v) is 11.9. The number of rotatable bonds is 2. The minimum atomic E-state index is 0.484. The van der Waals surface area contributed by atoms with Crippen LogP contribution >= 0.6 is 23.2 Å². The molecule has 2 N–H and O–H groups in total. The molecule has 0 amide bonds. The Morgan fingerprint density at radius 3 is 2.40 bits per heavy atom. The van der Waals surface area contributed by atoms with Gasteiger partial charge in [-0.05, 0) is 24.3 Å². The summed E-state index contributed by atoms with van der Waals surface area (Å²) in [6, 6.07) is 15.1. The minimum Gasteiger partial charge on any atom is -0.396 e. The smallest absolute Gasteiger partial charge is 0.116 e. The van der Waals surface area contributed by atoms with Crippen molar-refractivity contribution < 1.29 is 0 Å². The molecule has 0 saturated carbocycles. The summed E-state index contributed by atoms with van der Waals surface area (Å²) in [6.07, 6.45) is 1.78. The van der Waals surface area contributed by atoms with Gasteiger partial charge in [-0.1, -0.05) is 47.5 Å². The molecule has 0 spiro atoms. The Kier molecular flexibility index (Phi) is 3.38. The largest absolute Gasteiger partial charge is 0.396 e. The Morgan fingerprint density at radius 2 is 1.70 bits per heavy atom. The summed E-state index contributed by atoms with van der Waals surface area (Å²) >= 11 is 12.0. The van der Waals surface area contributed by atoms with Crippen molar-refractivity contribution >= 4 is 28.9 Å². The van der Waals surface area contributed by atoms with Gasteiger partial charge >= 0.3 is 0 Å². The van der Waals surface area contributed by atoms with Gasteiger partial charge in [0.25, 0.3) is 0 Å². The highest BCUT2D eigenvalue weighted by Gasteiger charge is 2.11. The molecule has 5 heteroatoms. The molecule has 0 bridgehead atoms. The van der Waals surface area contributed by atoms with Gasteiger partial charge in [0, 0.05) is 5.56 Å². The summed E-state index contributed by atoms with van der Waals surface area (Å²) in [5.74, 6) is 0. The van der Waals surface area contributed by atoms with Crippen LogP contribution in [0.5, 0.6) is 0 Å². The van der Waals surface area contributed by atoms with E-state index in [2.05, 4.69) is 5.10 Å². The van der Waals surface area contributed by atoms with Crippen LogP contribution in [0.15, 0.2) is 54.7 Å². The maximum atomic E-state index is 6.04. The molecule has 100 valence electrons. The topological polar surface area (TPSA) is 43.8 Å². The van der Waals surface area contributed by atoms with Crippen LogP contribution < -0.4 is 5.73 Å². The molecule has 0 fully saturated rings. The van der Waals surface area contributed by atoms with Gasteiger partial charge in [-0.2, -0.15) is 5.10 Å². The molecule has 0 aliphatic heterocycles. The summed E-state index contributed by atoms with van der Waals surface area (Å²) in [6.45, 7) is 0. The Bertz CT molecular complexity index is 751. The van der Waals surface area contributed by atoms with Crippen molar-refractivity contribution in [1.82, 2.24) is 9.78 Å². The van der Waals surface area contributed by atoms with Crippen molar-refractivity contribution in [3.63, 3.8) is 0 Å². The number of nitrogens with zero attached hydrogens (tertiary/aromatic N) is 2. The third-order valence-corrected chi connectivity index (χ3v) is 3.70. The molecule has 0 aliphatic rings. The summed E-state index contributed by atoms with van der Waals surface area (Å²) in [7, 11) is 0. The van der Waals surface area contributed by atoms with Crippen LogP contribution in [0.25, 0.3) is 16.9 Å². The molecule has 3 rings (SSSR count). The predicted molar refractivity (Wildman–Crippen MR) is 83.4 cm³/mol. The fourth-order valence-corrected chi connectivity index (χ4v) is 2.27. The highest BCUT2D eigenvalue weighted by atomic mass is 35.5. The third kappa shape index (κ3) is 2.38. The minimum absolute atomic E-state index is 0.484. The van der Waals surface area contributed by atoms with Crippen molar-refractivity contribution in [1.29, 1.82) is 0 Å². The average molecular weight is 304 g/mol. The van der Waals surface area contributed by atoms with E-state index in [9.17, 15) is 0 Å². The van der Waals surface area contributed by atoms with E-state index in [1.165, 1.54) is 0 Å². The number of aromatic nitrogens is 2. The molecule has 0 atom stereocenters. The monoisotopic (exact) mass is 303 g/mol. The highest BCUT2D eigenvalue weighted by Crippen LogP contribution is 2.31. The lowest BCUT2D eigenvalue weighted by Crippen LogP contribution is -1.94. The maximum absolute atomic E-state index is 6.04. The first-order valence-electron chi connectivity index (χ1n) is 6.01. The van der Waals surface area contributed by atoms with Gasteiger partial charge in [0.2, 0.25) is 0 Å². The van der Waals surface area contributed by atoms with E-state index in [1.807, 2.05) is 36.4 Å². The number of nitrogen functional groups attached to an aromatic ring is 1. The first-order chi connectivity index (χ1) is 9.65. The van der Waals surface area contributed by atoms with Crippen LogP contribution in [0, 0.1) is 0 Å². The molecule has 1 heterocycles. The molecular weight excluding hydrogens is 293 g/mol. The number of halogens is 2. The molecule has 0 saturated heterocycles. The van der Waals surface area contributed by atoms with E-state index in [4.69, 9.17) is 28.9 Å². The molecular formula is C15H11Cl2N3. The number of nitrogens with two attached hydrogens (primary N) is 1. The van der Waals surface area contributed by atoms with Crippen molar-refractivity contribution in [2.45, 2.75) is 0 Å². The quantitative estimate of drug-likeness (QED) is 0.761. The van der Waals surface area contributed by atoms with Gasteiger partial charge in [0.1, 0.15) is 5.69 Å². The number of hydrogen-bond donors (Lipinski definition) is 1. The highest BCUT2D eigenvalue weighted by molar-refractivity contribution is 6.42. The Morgan fingerprint density at radius 1 is 0.950 bits per heavy atom. The standard InChI is InChI=1S/C15H11Cl2N3/c16-12-7-6-10(8-13(12)17)15-14(18)9-20(19-15)11-4-2-1-3-5-11/h1-9H,18H2. The van der Waals surface area contributed by atoms with Crippen LogP contribution in [0.3, 0.4) is 0 Å². The number of hydrogen-bond acceptors (Lipinski definition) is 2. The normalized spacial score (nSPS) is 10.7. The van der Waals surface area contributed by atoms with Crippen LogP contribution in [-0.2, 0) is 0 Å². The summed E-state index contributed by atoms with van der Waals surface area (Å²) < 4.78 is 1.74. The van der Waals surface area contributed by atoms with Gasteiger partial charge in [-0.3, -0.25) is 0 Å². The number of anilines is 1. The fraction of sp³-hybridized carbons (Fsp3) is 0. The molecule has 0 aliphatic carbocycles. The zero-order valence-electron chi connectivity index (χ0n) is 10.4. The molecule has 1 aromatic heterocycles. The van der Waals surface area contributed by atoms with Crippen LogP contribution in [0.2, 0.25) is 10.0 Å². The van der Waals surface area contributed by atoms with E-state index in [0.717, 1.165) is 11.3 Å². The van der Waals surface area contributed by atoms with E-state index >= 15 is 0 Å². The summed E-state index contributed by atoms with van der Waals surface area (Å²) in [5, 5.41) is 5.51. The van der Waals surface area contributed by atoms with Gasteiger partial charge in [0.05, 0.1) is 27.6 Å². The molecule has 3 aromatic rings. The SMILES string of the molecule is Nc1cn(-c2ccccc2)nc1-c1ccc(Cl)c(Cl)c1. The third-order valence-electron chi connectivity index (χ3n) is 2.96. The predicted octanol–water partition coefficient (Wildman–Crippen LogP) is 4.43. The Balaban J connectivity index is 2.07. The van der Waals surface area contributed by atoms with Gasteiger partial charge < -0.3 is 5.73 Å². The van der Waals surface area contributed by atoms with E-state index in [1.54, 1.807) is 23.0 Å². The fourth-order valence-electron chi connectivity index (χ4n) is 1.97. The molecule has 3 nitrogen and oxygen atoms in total. The number of benzene rings is 2.